The lowest BCUT2D eigenvalue weighted by Crippen LogP contribution is -2.47. The second-order valence-corrected chi connectivity index (χ2v) is 5.16. The summed E-state index contributed by atoms with van der Waals surface area (Å²) >= 11 is 0. The maximum atomic E-state index is 13.3. The van der Waals surface area contributed by atoms with E-state index in [9.17, 15) is 14.3 Å². The number of halogens is 1. The van der Waals surface area contributed by atoms with Gasteiger partial charge in [-0.15, -0.1) is 10.2 Å². The van der Waals surface area contributed by atoms with E-state index in [-0.39, 0.29) is 5.82 Å². The van der Waals surface area contributed by atoms with Gasteiger partial charge < -0.3 is 9.67 Å². The topological polar surface area (TPSA) is 71.2 Å². The third-order valence-corrected chi connectivity index (χ3v) is 3.71. The number of carbonyl (C=O) groups is 1. The number of aliphatic carboxylic acids is 1. The molecule has 0 fully saturated rings. The average molecular weight is 290 g/mol. The number of aryl methyl sites for hydroxylation is 1. The lowest BCUT2D eigenvalue weighted by Gasteiger charge is -2.33. The molecule has 3 rings (SSSR count). The van der Waals surface area contributed by atoms with Crippen molar-refractivity contribution in [2.24, 2.45) is 0 Å². The Morgan fingerprint density at radius 2 is 2.29 bits per heavy atom. The molecule has 7 heteroatoms. The van der Waals surface area contributed by atoms with E-state index >= 15 is 0 Å². The van der Waals surface area contributed by atoms with Crippen LogP contribution in [0.3, 0.4) is 0 Å². The molecule has 1 aromatic heterocycles. The van der Waals surface area contributed by atoms with Crippen LogP contribution < -0.4 is 0 Å². The SMILES string of the molecule is Cc1nnc2n1CC(C(=O)O)N(Cc1cccc(F)c1)C2. The minimum atomic E-state index is -0.898. The van der Waals surface area contributed by atoms with E-state index in [0.29, 0.717) is 25.5 Å². The van der Waals surface area contributed by atoms with Crippen LogP contribution in [0.15, 0.2) is 24.3 Å². The standard InChI is InChI=1S/C14H15FN4O2/c1-9-16-17-13-8-18(12(14(20)21)7-19(9)13)6-10-3-2-4-11(15)5-10/h2-5,12H,6-8H2,1H3,(H,20,21). The Bertz CT molecular complexity index is 685. The predicted molar refractivity (Wildman–Crippen MR) is 71.8 cm³/mol. The predicted octanol–water partition coefficient (Wildman–Crippen LogP) is 1.19. The van der Waals surface area contributed by atoms with E-state index in [1.165, 1.54) is 12.1 Å². The van der Waals surface area contributed by atoms with Crippen LogP contribution in [-0.2, 0) is 24.4 Å². The van der Waals surface area contributed by atoms with Crippen molar-refractivity contribution in [1.82, 2.24) is 19.7 Å². The molecule has 0 spiro atoms. The Labute approximate surface area is 120 Å². The third kappa shape index (κ3) is 2.64. The normalized spacial score (nSPS) is 18.5. The molecule has 110 valence electrons. The number of benzene rings is 1. The molecule has 1 aliphatic heterocycles. The molecule has 2 aromatic rings. The lowest BCUT2D eigenvalue weighted by molar-refractivity contribution is -0.145. The molecular weight excluding hydrogens is 275 g/mol. The molecule has 0 aliphatic carbocycles. The number of carboxylic acids is 1. The Balaban J connectivity index is 1.87. The van der Waals surface area contributed by atoms with Crippen molar-refractivity contribution in [3.63, 3.8) is 0 Å². The van der Waals surface area contributed by atoms with E-state index in [1.807, 2.05) is 4.57 Å². The number of hydrogen-bond donors (Lipinski definition) is 1. The van der Waals surface area contributed by atoms with Gasteiger partial charge in [-0.3, -0.25) is 9.69 Å². The van der Waals surface area contributed by atoms with Crippen LogP contribution in [-0.4, -0.2) is 36.8 Å². The van der Waals surface area contributed by atoms with Crippen molar-refractivity contribution in [2.75, 3.05) is 0 Å². The molecule has 21 heavy (non-hydrogen) atoms. The second-order valence-electron chi connectivity index (χ2n) is 5.16. The van der Waals surface area contributed by atoms with Crippen molar-refractivity contribution in [2.45, 2.75) is 32.6 Å². The van der Waals surface area contributed by atoms with Crippen molar-refractivity contribution in [3.05, 3.63) is 47.3 Å². The molecular formula is C14H15FN4O2. The number of fused-ring (bicyclic) bond motifs is 1. The maximum absolute atomic E-state index is 13.3. The quantitative estimate of drug-likeness (QED) is 0.919. The fraction of sp³-hybridized carbons (Fsp3) is 0.357. The fourth-order valence-corrected chi connectivity index (χ4v) is 2.63. The summed E-state index contributed by atoms with van der Waals surface area (Å²) in [5.41, 5.74) is 0.742. The van der Waals surface area contributed by atoms with Crippen LogP contribution in [0.4, 0.5) is 4.39 Å². The smallest absolute Gasteiger partial charge is 0.322 e. The van der Waals surface area contributed by atoms with Gasteiger partial charge >= 0.3 is 5.97 Å². The minimum absolute atomic E-state index is 0.304. The average Bonchev–Trinajstić information content (AvgIpc) is 2.79. The third-order valence-electron chi connectivity index (χ3n) is 3.71. The summed E-state index contributed by atoms with van der Waals surface area (Å²) in [6.45, 7) is 2.85. The van der Waals surface area contributed by atoms with Gasteiger partial charge in [0.05, 0.1) is 13.1 Å². The molecule has 1 unspecified atom stereocenters. The van der Waals surface area contributed by atoms with Crippen LogP contribution in [0.5, 0.6) is 0 Å². The van der Waals surface area contributed by atoms with Crippen LogP contribution in [0, 0.1) is 12.7 Å². The zero-order chi connectivity index (χ0) is 15.0. The summed E-state index contributed by atoms with van der Waals surface area (Å²) in [6, 6.07) is 5.53. The summed E-state index contributed by atoms with van der Waals surface area (Å²) in [5, 5.41) is 17.5. The van der Waals surface area contributed by atoms with Gasteiger partial charge in [0.15, 0.2) is 0 Å². The van der Waals surface area contributed by atoms with Gasteiger partial charge in [-0.1, -0.05) is 12.1 Å². The highest BCUT2D eigenvalue weighted by Gasteiger charge is 2.33. The molecule has 1 aliphatic rings. The highest BCUT2D eigenvalue weighted by atomic mass is 19.1. The highest BCUT2D eigenvalue weighted by Crippen LogP contribution is 2.20. The van der Waals surface area contributed by atoms with E-state index in [2.05, 4.69) is 10.2 Å². The first-order chi connectivity index (χ1) is 10.0. The molecule has 1 atom stereocenters. The second kappa shape index (κ2) is 5.25. The molecule has 6 nitrogen and oxygen atoms in total. The number of aromatic nitrogens is 3. The van der Waals surface area contributed by atoms with Gasteiger partial charge in [0, 0.05) is 6.54 Å². The van der Waals surface area contributed by atoms with Crippen molar-refractivity contribution < 1.29 is 14.3 Å². The lowest BCUT2D eigenvalue weighted by atomic mass is 10.1. The highest BCUT2D eigenvalue weighted by molar-refractivity contribution is 5.73. The molecule has 2 heterocycles. The zero-order valence-electron chi connectivity index (χ0n) is 11.5. The first-order valence-electron chi connectivity index (χ1n) is 6.64. The Morgan fingerprint density at radius 3 is 3.00 bits per heavy atom. The Morgan fingerprint density at radius 1 is 1.48 bits per heavy atom. The monoisotopic (exact) mass is 290 g/mol. The van der Waals surface area contributed by atoms with E-state index in [1.54, 1.807) is 24.0 Å². The van der Waals surface area contributed by atoms with Crippen LogP contribution in [0.25, 0.3) is 0 Å². The van der Waals surface area contributed by atoms with Crippen LogP contribution >= 0.6 is 0 Å². The van der Waals surface area contributed by atoms with E-state index < -0.39 is 12.0 Å². The molecule has 0 radical (unpaired) electrons. The molecule has 1 aromatic carbocycles. The van der Waals surface area contributed by atoms with Gasteiger partial charge in [-0.2, -0.15) is 0 Å². The maximum Gasteiger partial charge on any atom is 0.322 e. The molecule has 0 bridgehead atoms. The summed E-state index contributed by atoms with van der Waals surface area (Å²) in [5.74, 6) is 0.226. The zero-order valence-corrected chi connectivity index (χ0v) is 11.5. The van der Waals surface area contributed by atoms with Gasteiger partial charge in [0.1, 0.15) is 23.5 Å². The first kappa shape index (κ1) is 13.7. The number of hydrogen-bond acceptors (Lipinski definition) is 4. The van der Waals surface area contributed by atoms with Gasteiger partial charge in [-0.25, -0.2) is 4.39 Å². The van der Waals surface area contributed by atoms with Gasteiger partial charge in [-0.05, 0) is 24.6 Å². The molecule has 0 amide bonds. The van der Waals surface area contributed by atoms with Gasteiger partial charge in [0.25, 0.3) is 0 Å². The van der Waals surface area contributed by atoms with E-state index in [0.717, 1.165) is 11.4 Å². The Kier molecular flexibility index (Phi) is 3.42. The summed E-state index contributed by atoms with van der Waals surface area (Å²) < 4.78 is 15.1. The van der Waals surface area contributed by atoms with Crippen molar-refractivity contribution >= 4 is 5.97 Å². The molecule has 0 saturated carbocycles. The van der Waals surface area contributed by atoms with Crippen molar-refractivity contribution in [1.29, 1.82) is 0 Å². The Hall–Kier alpha value is -2.28. The molecule has 0 saturated heterocycles. The van der Waals surface area contributed by atoms with Crippen LogP contribution in [0.1, 0.15) is 17.2 Å². The van der Waals surface area contributed by atoms with Crippen molar-refractivity contribution in [3.8, 4) is 0 Å². The number of nitrogens with zero attached hydrogens (tertiary/aromatic N) is 4. The van der Waals surface area contributed by atoms with Gasteiger partial charge in [0.2, 0.25) is 0 Å². The fourth-order valence-electron chi connectivity index (χ4n) is 2.63. The van der Waals surface area contributed by atoms with E-state index in [4.69, 9.17) is 0 Å². The summed E-state index contributed by atoms with van der Waals surface area (Å²) in [4.78, 5) is 13.3. The molecule has 1 N–H and O–H groups in total. The van der Waals surface area contributed by atoms with Crippen LogP contribution in [0.2, 0.25) is 0 Å². The summed E-state index contributed by atoms with van der Waals surface area (Å²) in [6.07, 6.45) is 0. The number of rotatable bonds is 3. The largest absolute Gasteiger partial charge is 0.480 e. The summed E-state index contributed by atoms with van der Waals surface area (Å²) in [7, 11) is 0. The minimum Gasteiger partial charge on any atom is -0.480 e. The first-order valence-corrected chi connectivity index (χ1v) is 6.64. The number of carboxylic acid groups (broad SMARTS) is 1.